The Morgan fingerprint density at radius 3 is 2.08 bits per heavy atom. The molecule has 15 heteroatoms. The van der Waals surface area contributed by atoms with E-state index in [0.29, 0.717) is 17.5 Å². The van der Waals surface area contributed by atoms with Gasteiger partial charge in [0.15, 0.2) is 5.82 Å². The first-order valence-electron chi connectivity index (χ1n) is 10.5. The number of para-hydroxylation sites is 1. The highest BCUT2D eigenvalue weighted by Gasteiger charge is 2.28. The molecule has 36 heavy (non-hydrogen) atoms. The highest BCUT2D eigenvalue weighted by atomic mass is 35.5. The summed E-state index contributed by atoms with van der Waals surface area (Å²) in [6, 6.07) is 14.4. The van der Waals surface area contributed by atoms with Crippen LogP contribution in [0.4, 0.5) is 5.95 Å². The largest absolute Gasteiger partial charge is 0.338 e. The van der Waals surface area contributed by atoms with E-state index < -0.39 is 20.2 Å². The van der Waals surface area contributed by atoms with Gasteiger partial charge in [-0.2, -0.15) is 16.8 Å². The normalized spacial score (nSPS) is 15.2. The molecule has 0 radical (unpaired) electrons. The van der Waals surface area contributed by atoms with Crippen molar-refractivity contribution in [3.8, 4) is 17.1 Å². The van der Waals surface area contributed by atoms with Gasteiger partial charge in [0.1, 0.15) is 0 Å². The maximum Gasteiger partial charge on any atom is 0.261 e. The van der Waals surface area contributed by atoms with Crippen LogP contribution in [-0.4, -0.2) is 91.3 Å². The summed E-state index contributed by atoms with van der Waals surface area (Å²) in [6.07, 6.45) is 1.43. The molecule has 0 unspecified atom stereocenters. The van der Waals surface area contributed by atoms with E-state index in [-0.39, 0.29) is 0 Å². The number of benzene rings is 2. The molecule has 1 aromatic heterocycles. The van der Waals surface area contributed by atoms with Crippen LogP contribution in [0.3, 0.4) is 0 Å². The van der Waals surface area contributed by atoms with Crippen molar-refractivity contribution in [1.82, 2.24) is 19.7 Å². The molecule has 2 aliphatic heterocycles. The molecular formula is C21H26ClN5O6S3. The number of nitrogens with zero attached hydrogens (tertiary/aromatic N) is 5. The molecular weight excluding hydrogens is 550 g/mol. The number of rotatable bonds is 1. The van der Waals surface area contributed by atoms with Crippen molar-refractivity contribution < 1.29 is 25.9 Å². The van der Waals surface area contributed by atoms with E-state index in [0.717, 1.165) is 54.1 Å². The number of halogens is 1. The Bertz CT molecular complexity index is 1390. The van der Waals surface area contributed by atoms with Crippen LogP contribution in [0.25, 0.3) is 17.1 Å². The van der Waals surface area contributed by atoms with Crippen LogP contribution in [0, 0.1) is 0 Å². The molecule has 2 aliphatic rings. The zero-order chi connectivity index (χ0) is 26.7. The quantitative estimate of drug-likeness (QED) is 0.323. The third kappa shape index (κ3) is 8.16. The lowest BCUT2D eigenvalue weighted by atomic mass is 10.2. The van der Waals surface area contributed by atoms with Gasteiger partial charge >= 0.3 is 0 Å². The van der Waals surface area contributed by atoms with Crippen molar-refractivity contribution in [2.24, 2.45) is 0 Å². The van der Waals surface area contributed by atoms with E-state index in [2.05, 4.69) is 61.9 Å². The Morgan fingerprint density at radius 2 is 1.47 bits per heavy atom. The van der Waals surface area contributed by atoms with E-state index in [1.54, 1.807) is 11.8 Å². The van der Waals surface area contributed by atoms with Gasteiger partial charge in [0.2, 0.25) is 5.95 Å². The first kappa shape index (κ1) is 28.4. The number of piperazine rings is 1. The van der Waals surface area contributed by atoms with E-state index in [1.165, 1.54) is 4.90 Å². The smallest absolute Gasteiger partial charge is 0.261 e. The summed E-state index contributed by atoms with van der Waals surface area (Å²) in [6.45, 7) is 3.96. The standard InChI is InChI=1S/C19H18ClN5S.2CH4O3S/c1-23-8-10-24(11-9-23)19-22-21-18-14-12-13(20)6-7-16(14)26-17-5-3-2-4-15(17)25(18)19;2*1-5(2,3)4/h2-7,12H,8-11H2,1H3;2*1H3,(H,2,3,4). The minimum atomic E-state index is -3.67. The SMILES string of the molecule is CN1CCN(c2nnc3n2-c2ccccc2Sc2ccc(Cl)cc2-3)CC1.CS(=O)(=O)O.CS(=O)(=O)O. The maximum absolute atomic E-state index is 9.19. The van der Waals surface area contributed by atoms with Gasteiger partial charge in [-0.3, -0.25) is 13.7 Å². The van der Waals surface area contributed by atoms with Crippen LogP contribution < -0.4 is 4.90 Å². The zero-order valence-electron chi connectivity index (χ0n) is 19.7. The molecule has 5 rings (SSSR count). The molecule has 1 saturated heterocycles. The number of anilines is 1. The number of fused-ring (bicyclic) bond motifs is 5. The summed E-state index contributed by atoms with van der Waals surface area (Å²) >= 11 is 8.05. The van der Waals surface area contributed by atoms with Crippen molar-refractivity contribution in [3.63, 3.8) is 0 Å². The fraction of sp³-hybridized carbons (Fsp3) is 0.333. The molecule has 0 bridgehead atoms. The monoisotopic (exact) mass is 575 g/mol. The number of hydrogen-bond donors (Lipinski definition) is 2. The maximum atomic E-state index is 9.19. The Balaban J connectivity index is 0.000000310. The Hall–Kier alpha value is -2.20. The summed E-state index contributed by atoms with van der Waals surface area (Å²) in [5.74, 6) is 1.77. The Labute approximate surface area is 219 Å². The fourth-order valence-corrected chi connectivity index (χ4v) is 4.71. The van der Waals surface area contributed by atoms with Gasteiger partial charge in [-0.1, -0.05) is 35.5 Å². The summed E-state index contributed by atoms with van der Waals surface area (Å²) < 4.78 is 53.9. The Kier molecular flexibility index (Phi) is 9.03. The molecule has 196 valence electrons. The van der Waals surface area contributed by atoms with Gasteiger partial charge in [0, 0.05) is 46.6 Å². The van der Waals surface area contributed by atoms with Gasteiger partial charge in [0.25, 0.3) is 20.2 Å². The summed E-state index contributed by atoms with van der Waals surface area (Å²) in [4.78, 5) is 7.02. The average Bonchev–Trinajstić information content (AvgIpc) is 3.13. The van der Waals surface area contributed by atoms with Crippen molar-refractivity contribution in [2.45, 2.75) is 9.79 Å². The molecule has 3 aromatic rings. The second-order valence-electron chi connectivity index (χ2n) is 8.13. The molecule has 3 heterocycles. The van der Waals surface area contributed by atoms with Crippen molar-refractivity contribution >= 4 is 49.5 Å². The minimum absolute atomic E-state index is 0.714. The molecule has 0 amide bonds. The van der Waals surface area contributed by atoms with Crippen molar-refractivity contribution in [3.05, 3.63) is 47.5 Å². The van der Waals surface area contributed by atoms with Crippen LogP contribution in [0.5, 0.6) is 0 Å². The van der Waals surface area contributed by atoms with Crippen LogP contribution in [0.15, 0.2) is 52.3 Å². The van der Waals surface area contributed by atoms with Crippen molar-refractivity contribution in [1.29, 1.82) is 0 Å². The van der Waals surface area contributed by atoms with Crippen LogP contribution in [0.2, 0.25) is 5.02 Å². The fourth-order valence-electron chi connectivity index (χ4n) is 3.50. The second kappa shape index (κ2) is 11.5. The van der Waals surface area contributed by atoms with E-state index >= 15 is 0 Å². The molecule has 11 nitrogen and oxygen atoms in total. The molecule has 0 aliphatic carbocycles. The third-order valence-corrected chi connectivity index (χ3v) is 6.32. The first-order valence-corrected chi connectivity index (χ1v) is 15.4. The zero-order valence-corrected chi connectivity index (χ0v) is 22.9. The summed E-state index contributed by atoms with van der Waals surface area (Å²) in [5.41, 5.74) is 2.16. The van der Waals surface area contributed by atoms with E-state index in [4.69, 9.17) is 20.7 Å². The van der Waals surface area contributed by atoms with E-state index in [9.17, 15) is 16.8 Å². The lowest BCUT2D eigenvalue weighted by Gasteiger charge is -2.33. The molecule has 1 fully saturated rings. The number of aromatic nitrogens is 3. The lowest BCUT2D eigenvalue weighted by Crippen LogP contribution is -2.45. The molecule has 2 aromatic carbocycles. The highest BCUT2D eigenvalue weighted by molar-refractivity contribution is 7.99. The van der Waals surface area contributed by atoms with Crippen LogP contribution >= 0.6 is 23.4 Å². The van der Waals surface area contributed by atoms with Gasteiger partial charge in [0.05, 0.1) is 18.2 Å². The highest BCUT2D eigenvalue weighted by Crippen LogP contribution is 2.44. The third-order valence-electron chi connectivity index (χ3n) is 4.94. The van der Waals surface area contributed by atoms with Crippen LogP contribution in [0.1, 0.15) is 0 Å². The summed E-state index contributed by atoms with van der Waals surface area (Å²) in [5, 5.41) is 9.88. The lowest BCUT2D eigenvalue weighted by molar-refractivity contribution is 0.310. The molecule has 0 spiro atoms. The van der Waals surface area contributed by atoms with Crippen molar-refractivity contribution in [2.75, 3.05) is 50.6 Å². The topological polar surface area (TPSA) is 146 Å². The Morgan fingerprint density at radius 1 is 0.889 bits per heavy atom. The van der Waals surface area contributed by atoms with Crippen LogP contribution in [-0.2, 0) is 20.2 Å². The van der Waals surface area contributed by atoms with E-state index in [1.807, 2.05) is 12.1 Å². The van der Waals surface area contributed by atoms with Gasteiger partial charge in [-0.05, 0) is 37.4 Å². The molecule has 0 saturated carbocycles. The van der Waals surface area contributed by atoms with Gasteiger partial charge in [-0.25, -0.2) is 0 Å². The van der Waals surface area contributed by atoms with Gasteiger partial charge in [-0.15, -0.1) is 10.2 Å². The predicted molar refractivity (Wildman–Crippen MR) is 141 cm³/mol. The second-order valence-corrected chi connectivity index (χ2v) is 12.6. The van der Waals surface area contributed by atoms with Gasteiger partial charge < -0.3 is 9.80 Å². The summed E-state index contributed by atoms with van der Waals surface area (Å²) in [7, 11) is -5.17. The molecule has 0 atom stereocenters. The number of hydrogen-bond acceptors (Lipinski definition) is 9. The minimum Gasteiger partial charge on any atom is -0.338 e. The molecule has 2 N–H and O–H groups in total. The predicted octanol–water partition coefficient (Wildman–Crippen LogP) is 2.81. The first-order chi connectivity index (χ1) is 16.7. The number of likely N-dealkylation sites (N-methyl/N-ethyl adjacent to an activating group) is 1. The average molecular weight is 576 g/mol.